The zero-order valence-corrected chi connectivity index (χ0v) is 15.4. The van der Waals surface area contributed by atoms with Gasteiger partial charge in [0.05, 0.1) is 37.9 Å². The monoisotopic (exact) mass is 387 g/mol. The maximum absolute atomic E-state index is 12.9. The number of quaternary nitrogens is 1. The molecule has 1 unspecified atom stereocenters. The first-order valence-corrected chi connectivity index (χ1v) is 9.44. The van der Waals surface area contributed by atoms with Crippen molar-refractivity contribution >= 4 is 11.7 Å². The van der Waals surface area contributed by atoms with Crippen molar-refractivity contribution in [2.24, 2.45) is 0 Å². The number of ketones is 1. The van der Waals surface area contributed by atoms with Gasteiger partial charge in [0.15, 0.2) is 11.5 Å². The molecule has 1 fully saturated rings. The van der Waals surface area contributed by atoms with Crippen molar-refractivity contribution in [2.45, 2.75) is 12.5 Å². The SMILES string of the molecule is O=C(C1=C(O)C(=O)N(CCC[NH+]2CCOCC2)C1c1ccco1)c1ccco1. The lowest BCUT2D eigenvalue weighted by molar-refractivity contribution is -0.908. The minimum atomic E-state index is -0.764. The van der Waals surface area contributed by atoms with Crippen LogP contribution in [0.3, 0.4) is 0 Å². The third-order valence-corrected chi connectivity index (χ3v) is 5.24. The Kier molecular flexibility index (Phi) is 5.31. The van der Waals surface area contributed by atoms with E-state index in [4.69, 9.17) is 13.6 Å². The summed E-state index contributed by atoms with van der Waals surface area (Å²) in [7, 11) is 0. The van der Waals surface area contributed by atoms with E-state index in [2.05, 4.69) is 0 Å². The summed E-state index contributed by atoms with van der Waals surface area (Å²) in [5.41, 5.74) is -0.00591. The number of morpholine rings is 1. The first kappa shape index (κ1) is 18.5. The van der Waals surface area contributed by atoms with E-state index in [1.165, 1.54) is 28.4 Å². The largest absolute Gasteiger partial charge is 0.503 e. The average molecular weight is 387 g/mol. The second kappa shape index (κ2) is 8.04. The van der Waals surface area contributed by atoms with E-state index in [0.717, 1.165) is 39.3 Å². The van der Waals surface area contributed by atoms with Gasteiger partial charge >= 0.3 is 0 Å². The molecule has 4 heterocycles. The Morgan fingerprint density at radius 3 is 2.61 bits per heavy atom. The lowest BCUT2D eigenvalue weighted by atomic mass is 9.99. The number of nitrogens with zero attached hydrogens (tertiary/aromatic N) is 1. The fraction of sp³-hybridized carbons (Fsp3) is 0.400. The van der Waals surface area contributed by atoms with Gasteiger partial charge in [-0.15, -0.1) is 0 Å². The van der Waals surface area contributed by atoms with Gasteiger partial charge in [-0.25, -0.2) is 0 Å². The number of carbonyl (C=O) groups excluding carboxylic acids is 2. The van der Waals surface area contributed by atoms with Crippen LogP contribution >= 0.6 is 0 Å². The fourth-order valence-electron chi connectivity index (χ4n) is 3.81. The highest BCUT2D eigenvalue weighted by Gasteiger charge is 2.45. The maximum atomic E-state index is 12.9. The minimum absolute atomic E-state index is 0.00591. The van der Waals surface area contributed by atoms with Crippen LogP contribution in [0.4, 0.5) is 0 Å². The molecular formula is C20H23N2O6+. The molecule has 2 aromatic heterocycles. The van der Waals surface area contributed by atoms with Gasteiger partial charge in [0.1, 0.15) is 24.9 Å². The molecule has 0 spiro atoms. The molecule has 0 bridgehead atoms. The smallest absolute Gasteiger partial charge is 0.290 e. The van der Waals surface area contributed by atoms with Crippen LogP contribution in [0.25, 0.3) is 0 Å². The third kappa shape index (κ3) is 3.48. The lowest BCUT2D eigenvalue weighted by Gasteiger charge is -2.27. The number of carbonyl (C=O) groups is 2. The Hall–Kier alpha value is -2.84. The quantitative estimate of drug-likeness (QED) is 0.681. The molecule has 1 atom stereocenters. The Morgan fingerprint density at radius 2 is 1.93 bits per heavy atom. The van der Waals surface area contributed by atoms with E-state index >= 15 is 0 Å². The van der Waals surface area contributed by atoms with Crippen LogP contribution < -0.4 is 4.90 Å². The predicted molar refractivity (Wildman–Crippen MR) is 96.9 cm³/mol. The maximum Gasteiger partial charge on any atom is 0.290 e. The summed E-state index contributed by atoms with van der Waals surface area (Å²) in [5.74, 6) is -1.11. The van der Waals surface area contributed by atoms with Gasteiger partial charge in [-0.1, -0.05) is 0 Å². The molecule has 28 heavy (non-hydrogen) atoms. The highest BCUT2D eigenvalue weighted by atomic mass is 16.5. The minimum Gasteiger partial charge on any atom is -0.503 e. The van der Waals surface area contributed by atoms with Crippen molar-refractivity contribution in [3.05, 3.63) is 59.6 Å². The second-order valence-corrected chi connectivity index (χ2v) is 6.95. The summed E-state index contributed by atoms with van der Waals surface area (Å²) in [6, 6.07) is 5.73. The lowest BCUT2D eigenvalue weighted by Crippen LogP contribution is -3.14. The van der Waals surface area contributed by atoms with E-state index in [1.54, 1.807) is 18.2 Å². The van der Waals surface area contributed by atoms with Crippen molar-refractivity contribution in [1.29, 1.82) is 0 Å². The number of aliphatic hydroxyl groups excluding tert-OH is 1. The highest BCUT2D eigenvalue weighted by molar-refractivity contribution is 6.14. The highest BCUT2D eigenvalue weighted by Crippen LogP contribution is 2.39. The van der Waals surface area contributed by atoms with Crippen molar-refractivity contribution in [1.82, 2.24) is 4.90 Å². The number of amides is 1. The standard InChI is InChI=1S/C20H22N2O6/c23-18(15-5-2-11-28-15)16-17(14-4-1-10-27-14)22(20(25)19(16)24)7-3-6-21-8-12-26-13-9-21/h1-2,4-5,10-11,17,24H,3,6-9,12-13H2/p+1. The van der Waals surface area contributed by atoms with E-state index in [0.29, 0.717) is 12.3 Å². The van der Waals surface area contributed by atoms with Gasteiger partial charge < -0.3 is 28.5 Å². The van der Waals surface area contributed by atoms with Gasteiger partial charge in [0.2, 0.25) is 5.78 Å². The summed E-state index contributed by atoms with van der Waals surface area (Å²) >= 11 is 0. The Bertz CT molecular complexity index is 849. The first-order valence-electron chi connectivity index (χ1n) is 9.44. The van der Waals surface area contributed by atoms with Gasteiger partial charge in [0.25, 0.3) is 5.91 Å². The first-order chi connectivity index (χ1) is 13.7. The Labute approximate surface area is 162 Å². The summed E-state index contributed by atoms with van der Waals surface area (Å²) < 4.78 is 16.0. The van der Waals surface area contributed by atoms with E-state index in [9.17, 15) is 14.7 Å². The fourth-order valence-corrected chi connectivity index (χ4v) is 3.81. The molecule has 4 rings (SSSR count). The number of ether oxygens (including phenoxy) is 1. The molecule has 2 N–H and O–H groups in total. The van der Waals surface area contributed by atoms with E-state index < -0.39 is 23.5 Å². The molecule has 2 aliphatic heterocycles. The van der Waals surface area contributed by atoms with Crippen LogP contribution in [0.15, 0.2) is 57.0 Å². The van der Waals surface area contributed by atoms with Gasteiger partial charge in [-0.2, -0.15) is 0 Å². The average Bonchev–Trinajstić information content (AvgIpc) is 3.46. The Morgan fingerprint density at radius 1 is 1.18 bits per heavy atom. The zero-order chi connectivity index (χ0) is 19.5. The molecule has 148 valence electrons. The number of Topliss-reactive ketones (excluding diaryl/α,β-unsaturated/α-hetero) is 1. The van der Waals surface area contributed by atoms with Crippen molar-refractivity contribution in [2.75, 3.05) is 39.4 Å². The predicted octanol–water partition coefficient (Wildman–Crippen LogP) is 0.756. The van der Waals surface area contributed by atoms with E-state index in [1.807, 2.05) is 0 Å². The summed E-state index contributed by atoms with van der Waals surface area (Å²) in [6.45, 7) is 4.69. The summed E-state index contributed by atoms with van der Waals surface area (Å²) in [4.78, 5) is 28.6. The van der Waals surface area contributed by atoms with Gasteiger partial charge in [-0.05, 0) is 24.3 Å². The van der Waals surface area contributed by atoms with Gasteiger partial charge in [-0.3, -0.25) is 9.59 Å². The van der Waals surface area contributed by atoms with Crippen molar-refractivity contribution in [3.8, 4) is 0 Å². The molecule has 8 nitrogen and oxygen atoms in total. The molecule has 2 aliphatic rings. The van der Waals surface area contributed by atoms with Crippen molar-refractivity contribution in [3.63, 3.8) is 0 Å². The number of rotatable bonds is 7. The van der Waals surface area contributed by atoms with Crippen LogP contribution in [0, 0.1) is 0 Å². The molecule has 1 saturated heterocycles. The summed E-state index contributed by atoms with van der Waals surface area (Å²) in [5, 5.41) is 10.5. The third-order valence-electron chi connectivity index (χ3n) is 5.24. The van der Waals surface area contributed by atoms with Crippen LogP contribution in [0.1, 0.15) is 28.8 Å². The normalized spacial score (nSPS) is 20.9. The second-order valence-electron chi connectivity index (χ2n) is 6.95. The number of aliphatic hydroxyl groups is 1. The molecule has 2 aromatic rings. The number of nitrogens with one attached hydrogen (secondary N) is 1. The number of hydrogen-bond acceptors (Lipinski definition) is 6. The molecule has 1 amide bonds. The van der Waals surface area contributed by atoms with Gasteiger partial charge in [0, 0.05) is 13.0 Å². The molecule has 0 aromatic carbocycles. The molecule has 0 saturated carbocycles. The number of hydrogen-bond donors (Lipinski definition) is 2. The molecule has 8 heteroatoms. The van der Waals surface area contributed by atoms with E-state index in [-0.39, 0.29) is 11.3 Å². The van der Waals surface area contributed by atoms with Crippen LogP contribution in [-0.2, 0) is 9.53 Å². The van der Waals surface area contributed by atoms with Crippen molar-refractivity contribution < 1.29 is 33.2 Å². The number of furan rings is 2. The van der Waals surface area contributed by atoms with Crippen LogP contribution in [0.2, 0.25) is 0 Å². The molecule has 0 radical (unpaired) electrons. The topological polar surface area (TPSA) is 97.6 Å². The van der Waals surface area contributed by atoms with Crippen LogP contribution in [-0.4, -0.2) is 61.1 Å². The summed E-state index contributed by atoms with van der Waals surface area (Å²) in [6.07, 6.45) is 3.61. The zero-order valence-electron chi connectivity index (χ0n) is 15.4. The molecule has 0 aliphatic carbocycles. The van der Waals surface area contributed by atoms with Crippen LogP contribution in [0.5, 0.6) is 0 Å². The Balaban J connectivity index is 1.54. The molecular weight excluding hydrogens is 364 g/mol.